The third-order valence-corrected chi connectivity index (χ3v) is 4.04. The number of nitrogens with two attached hydrogens (primary N) is 1. The molecule has 5 nitrogen and oxygen atoms in total. The van der Waals surface area contributed by atoms with Gasteiger partial charge >= 0.3 is 0 Å². The number of hydrogen-bond donors (Lipinski definition) is 1. The van der Waals surface area contributed by atoms with E-state index in [-0.39, 0.29) is 11.9 Å². The van der Waals surface area contributed by atoms with Crippen molar-refractivity contribution in [1.82, 2.24) is 9.80 Å². The maximum Gasteiger partial charge on any atom is 0.259 e. The van der Waals surface area contributed by atoms with Gasteiger partial charge in [-0.05, 0) is 45.5 Å². The molecular weight excluding hydrogens is 266 g/mol. The highest BCUT2D eigenvalue weighted by atomic mass is 16.5. The minimum Gasteiger partial charge on any atom is -0.493 e. The van der Waals surface area contributed by atoms with Gasteiger partial charge in [-0.1, -0.05) is 6.07 Å². The number of carbonyl (C=O) groups excluding carboxylic acids is 1. The zero-order chi connectivity index (χ0) is 15.4. The van der Waals surface area contributed by atoms with Crippen LogP contribution in [0, 0.1) is 0 Å². The number of likely N-dealkylation sites (N-methyl/N-ethyl adjacent to an activating group) is 2. The summed E-state index contributed by atoms with van der Waals surface area (Å²) in [6.45, 7) is 4.41. The highest BCUT2D eigenvalue weighted by Crippen LogP contribution is 2.27. The summed E-state index contributed by atoms with van der Waals surface area (Å²) in [5, 5.41) is 0. The van der Waals surface area contributed by atoms with E-state index < -0.39 is 0 Å². The van der Waals surface area contributed by atoms with Crippen molar-refractivity contribution in [2.75, 3.05) is 39.5 Å². The molecule has 1 aliphatic rings. The largest absolute Gasteiger partial charge is 0.493 e. The normalized spacial score (nSPS) is 19.3. The van der Waals surface area contributed by atoms with Crippen LogP contribution in [-0.4, -0.2) is 55.5 Å². The third kappa shape index (κ3) is 3.47. The second-order valence-electron chi connectivity index (χ2n) is 5.63. The molecule has 1 amide bonds. The van der Waals surface area contributed by atoms with Crippen LogP contribution in [-0.2, 0) is 0 Å². The maximum absolute atomic E-state index is 12.8. The molecule has 21 heavy (non-hydrogen) atoms. The smallest absolute Gasteiger partial charge is 0.259 e. The van der Waals surface area contributed by atoms with Gasteiger partial charge in [0, 0.05) is 25.3 Å². The number of ether oxygens (including phenoxy) is 1. The summed E-state index contributed by atoms with van der Waals surface area (Å²) >= 11 is 0. The zero-order valence-corrected chi connectivity index (χ0v) is 13.1. The molecule has 0 aliphatic carbocycles. The van der Waals surface area contributed by atoms with Crippen molar-refractivity contribution in [2.45, 2.75) is 25.8 Å². The molecule has 0 spiro atoms. The zero-order valence-electron chi connectivity index (χ0n) is 13.1. The first-order valence-electron chi connectivity index (χ1n) is 7.51. The Morgan fingerprint density at radius 1 is 1.52 bits per heavy atom. The van der Waals surface area contributed by atoms with E-state index >= 15 is 0 Å². The topological polar surface area (TPSA) is 58.8 Å². The highest BCUT2D eigenvalue weighted by Gasteiger charge is 2.28. The third-order valence-electron chi connectivity index (χ3n) is 4.04. The first-order chi connectivity index (χ1) is 10.0. The Balaban J connectivity index is 2.22. The van der Waals surface area contributed by atoms with E-state index in [2.05, 4.69) is 11.9 Å². The van der Waals surface area contributed by atoms with Crippen molar-refractivity contribution in [2.24, 2.45) is 0 Å². The molecule has 116 valence electrons. The number of anilines is 1. The van der Waals surface area contributed by atoms with Gasteiger partial charge < -0.3 is 20.3 Å². The summed E-state index contributed by atoms with van der Waals surface area (Å²) in [6, 6.07) is 5.58. The van der Waals surface area contributed by atoms with Gasteiger partial charge in [0.1, 0.15) is 11.3 Å². The van der Waals surface area contributed by atoms with Crippen molar-refractivity contribution in [3.05, 3.63) is 23.8 Å². The van der Waals surface area contributed by atoms with E-state index in [1.54, 1.807) is 12.1 Å². The fourth-order valence-corrected chi connectivity index (χ4v) is 2.85. The number of hydrogen-bond acceptors (Lipinski definition) is 4. The first kappa shape index (κ1) is 15.6. The molecule has 1 aromatic carbocycles. The Bertz CT molecular complexity index is 504. The lowest BCUT2D eigenvalue weighted by molar-refractivity contribution is 0.0641. The van der Waals surface area contributed by atoms with Gasteiger partial charge in [-0.2, -0.15) is 0 Å². The van der Waals surface area contributed by atoms with Crippen LogP contribution in [0.3, 0.4) is 0 Å². The van der Waals surface area contributed by atoms with Gasteiger partial charge in [0.2, 0.25) is 0 Å². The van der Waals surface area contributed by atoms with Gasteiger partial charge in [0.25, 0.3) is 5.91 Å². The molecule has 0 aromatic heterocycles. The SMILES string of the molecule is CCOc1cccc(N)c1C(=O)N(C)C1CCCN(C)C1. The monoisotopic (exact) mass is 291 g/mol. The average Bonchev–Trinajstić information content (AvgIpc) is 2.46. The van der Waals surface area contributed by atoms with Crippen LogP contribution in [0.1, 0.15) is 30.1 Å². The average molecular weight is 291 g/mol. The Hall–Kier alpha value is -1.75. The van der Waals surface area contributed by atoms with Crippen LogP contribution in [0.4, 0.5) is 5.69 Å². The molecule has 2 N–H and O–H groups in total. The number of amides is 1. The van der Waals surface area contributed by atoms with Crippen LogP contribution in [0.5, 0.6) is 5.75 Å². The molecule has 0 radical (unpaired) electrons. The molecule has 1 fully saturated rings. The fraction of sp³-hybridized carbons (Fsp3) is 0.562. The minimum absolute atomic E-state index is 0.0585. The summed E-state index contributed by atoms with van der Waals surface area (Å²) in [7, 11) is 3.95. The van der Waals surface area contributed by atoms with Crippen LogP contribution >= 0.6 is 0 Å². The quantitative estimate of drug-likeness (QED) is 0.860. The molecule has 1 aliphatic heterocycles. The molecular formula is C16H25N3O2. The summed E-state index contributed by atoms with van der Waals surface area (Å²) in [5.41, 5.74) is 6.96. The van der Waals surface area contributed by atoms with E-state index in [9.17, 15) is 4.79 Å². The van der Waals surface area contributed by atoms with E-state index in [0.29, 0.717) is 23.6 Å². The van der Waals surface area contributed by atoms with Gasteiger partial charge in [-0.25, -0.2) is 0 Å². The molecule has 1 unspecified atom stereocenters. The van der Waals surface area contributed by atoms with Gasteiger partial charge in [-0.15, -0.1) is 0 Å². The van der Waals surface area contributed by atoms with E-state index in [1.807, 2.05) is 24.9 Å². The number of piperidine rings is 1. The number of nitrogens with zero attached hydrogens (tertiary/aromatic N) is 2. The number of rotatable bonds is 4. The second-order valence-corrected chi connectivity index (χ2v) is 5.63. The minimum atomic E-state index is -0.0585. The molecule has 1 aromatic rings. The predicted molar refractivity (Wildman–Crippen MR) is 84.6 cm³/mol. The summed E-state index contributed by atoms with van der Waals surface area (Å²) in [4.78, 5) is 16.9. The second kappa shape index (κ2) is 6.80. The molecule has 0 saturated carbocycles. The Kier molecular flexibility index (Phi) is 5.07. The van der Waals surface area contributed by atoms with Crippen molar-refractivity contribution in [3.63, 3.8) is 0 Å². The standard InChI is InChI=1S/C16H25N3O2/c1-4-21-14-9-5-8-13(17)15(14)16(20)19(3)12-7-6-10-18(2)11-12/h5,8-9,12H,4,6-7,10-11,17H2,1-3H3. The van der Waals surface area contributed by atoms with Gasteiger partial charge in [0.05, 0.1) is 6.61 Å². The van der Waals surface area contributed by atoms with Crippen molar-refractivity contribution in [1.29, 1.82) is 0 Å². The summed E-state index contributed by atoms with van der Waals surface area (Å²) in [6.07, 6.45) is 2.14. The molecule has 1 atom stereocenters. The lowest BCUT2D eigenvalue weighted by Crippen LogP contribution is -2.47. The Morgan fingerprint density at radius 3 is 2.95 bits per heavy atom. The van der Waals surface area contributed by atoms with Crippen LogP contribution < -0.4 is 10.5 Å². The van der Waals surface area contributed by atoms with E-state index in [1.165, 1.54) is 0 Å². The molecule has 5 heteroatoms. The first-order valence-corrected chi connectivity index (χ1v) is 7.51. The van der Waals surface area contributed by atoms with Crippen molar-refractivity contribution >= 4 is 11.6 Å². The number of likely N-dealkylation sites (tertiary alicyclic amines) is 1. The van der Waals surface area contributed by atoms with Crippen LogP contribution in [0.25, 0.3) is 0 Å². The van der Waals surface area contributed by atoms with Crippen molar-refractivity contribution in [3.8, 4) is 5.75 Å². The molecule has 2 rings (SSSR count). The van der Waals surface area contributed by atoms with Crippen molar-refractivity contribution < 1.29 is 9.53 Å². The molecule has 1 heterocycles. The molecule has 1 saturated heterocycles. The Labute approximate surface area is 126 Å². The lowest BCUT2D eigenvalue weighted by Gasteiger charge is -2.36. The van der Waals surface area contributed by atoms with E-state index in [4.69, 9.17) is 10.5 Å². The van der Waals surface area contributed by atoms with E-state index in [0.717, 1.165) is 25.9 Å². The summed E-state index contributed by atoms with van der Waals surface area (Å²) in [5.74, 6) is 0.510. The van der Waals surface area contributed by atoms with Crippen LogP contribution in [0.2, 0.25) is 0 Å². The van der Waals surface area contributed by atoms with Crippen LogP contribution in [0.15, 0.2) is 18.2 Å². The predicted octanol–water partition coefficient (Wildman–Crippen LogP) is 1.83. The highest BCUT2D eigenvalue weighted by molar-refractivity contribution is 6.01. The fourth-order valence-electron chi connectivity index (χ4n) is 2.85. The van der Waals surface area contributed by atoms with Gasteiger partial charge in [0.15, 0.2) is 0 Å². The summed E-state index contributed by atoms with van der Waals surface area (Å²) < 4.78 is 5.56. The Morgan fingerprint density at radius 2 is 2.29 bits per heavy atom. The maximum atomic E-state index is 12.8. The number of nitrogen functional groups attached to an aromatic ring is 1. The number of carbonyl (C=O) groups is 1. The lowest BCUT2D eigenvalue weighted by atomic mass is 10.0. The molecule has 0 bridgehead atoms. The number of benzene rings is 1. The van der Waals surface area contributed by atoms with Gasteiger partial charge in [-0.3, -0.25) is 4.79 Å².